The van der Waals surface area contributed by atoms with Crippen LogP contribution in [0, 0.1) is 11.8 Å². The number of unbranched alkanes of at least 4 members (excludes halogenated alkanes) is 9. The van der Waals surface area contributed by atoms with Gasteiger partial charge in [-0.05, 0) is 24.7 Å². The second-order valence-electron chi connectivity index (χ2n) is 7.69. The molecule has 0 spiro atoms. The van der Waals surface area contributed by atoms with Crippen molar-refractivity contribution < 1.29 is 9.63 Å². The molecule has 1 amide bonds. The summed E-state index contributed by atoms with van der Waals surface area (Å²) in [6.45, 7) is 2.29. The Kier molecular flexibility index (Phi) is 12.2. The molecule has 0 bridgehead atoms. The summed E-state index contributed by atoms with van der Waals surface area (Å²) >= 11 is 0. The highest BCUT2D eigenvalue weighted by atomic mass is 16.7. The van der Waals surface area contributed by atoms with Gasteiger partial charge in [0.05, 0.1) is 7.11 Å². The summed E-state index contributed by atoms with van der Waals surface area (Å²) in [6.07, 6.45) is 19.8. The summed E-state index contributed by atoms with van der Waals surface area (Å²) in [5.41, 5.74) is 0. The van der Waals surface area contributed by atoms with Gasteiger partial charge < -0.3 is 0 Å². The van der Waals surface area contributed by atoms with Crippen molar-refractivity contribution in [2.24, 2.45) is 11.8 Å². The number of carbonyl (C=O) groups excluding carboxylic acids is 1. The van der Waals surface area contributed by atoms with Crippen molar-refractivity contribution in [1.29, 1.82) is 0 Å². The molecule has 1 fully saturated rings. The smallest absolute Gasteiger partial charge is 0.245 e. The van der Waals surface area contributed by atoms with Crippen LogP contribution in [0.3, 0.4) is 0 Å². The summed E-state index contributed by atoms with van der Waals surface area (Å²) < 4.78 is 0. The maximum atomic E-state index is 11.6. The highest BCUT2D eigenvalue weighted by molar-refractivity contribution is 5.74. The molecule has 1 aliphatic carbocycles. The Morgan fingerprint density at radius 1 is 0.875 bits per heavy atom. The van der Waals surface area contributed by atoms with Gasteiger partial charge in [-0.1, -0.05) is 84.0 Å². The van der Waals surface area contributed by atoms with Crippen LogP contribution in [0.5, 0.6) is 0 Å². The molecule has 0 aromatic carbocycles. The molecule has 2 unspecified atom stereocenters. The van der Waals surface area contributed by atoms with Crippen LogP contribution in [0.25, 0.3) is 0 Å². The second-order valence-corrected chi connectivity index (χ2v) is 7.69. The van der Waals surface area contributed by atoms with Crippen LogP contribution in [0.2, 0.25) is 0 Å². The van der Waals surface area contributed by atoms with Crippen LogP contribution in [0.1, 0.15) is 103 Å². The molecule has 3 nitrogen and oxygen atoms in total. The zero-order valence-corrected chi connectivity index (χ0v) is 16.5. The molecular formula is C21H41NO2. The quantitative estimate of drug-likeness (QED) is 0.250. The van der Waals surface area contributed by atoms with E-state index in [1.165, 1.54) is 95.6 Å². The van der Waals surface area contributed by atoms with Crippen molar-refractivity contribution in [2.75, 3.05) is 14.2 Å². The summed E-state index contributed by atoms with van der Waals surface area (Å²) in [7, 11) is 3.22. The fourth-order valence-electron chi connectivity index (χ4n) is 3.68. The van der Waals surface area contributed by atoms with Crippen molar-refractivity contribution in [3.63, 3.8) is 0 Å². The topological polar surface area (TPSA) is 29.5 Å². The third-order valence-electron chi connectivity index (χ3n) is 5.59. The van der Waals surface area contributed by atoms with Gasteiger partial charge in [0.1, 0.15) is 0 Å². The number of hydrogen-bond donors (Lipinski definition) is 0. The summed E-state index contributed by atoms with van der Waals surface area (Å²) in [5, 5.41) is 1.33. The molecule has 0 saturated heterocycles. The molecule has 142 valence electrons. The van der Waals surface area contributed by atoms with Gasteiger partial charge in [0.25, 0.3) is 0 Å². The number of carbonyl (C=O) groups is 1. The van der Waals surface area contributed by atoms with Gasteiger partial charge >= 0.3 is 0 Å². The van der Waals surface area contributed by atoms with Gasteiger partial charge in [0, 0.05) is 13.5 Å². The fraction of sp³-hybridized carbons (Fsp3) is 0.952. The number of amides is 1. The Morgan fingerprint density at radius 3 is 1.92 bits per heavy atom. The molecule has 3 heteroatoms. The van der Waals surface area contributed by atoms with E-state index in [-0.39, 0.29) is 5.91 Å². The van der Waals surface area contributed by atoms with Crippen molar-refractivity contribution >= 4 is 5.91 Å². The lowest BCUT2D eigenvalue weighted by molar-refractivity contribution is -0.168. The van der Waals surface area contributed by atoms with Crippen LogP contribution in [0.4, 0.5) is 0 Å². The van der Waals surface area contributed by atoms with E-state index in [9.17, 15) is 4.79 Å². The van der Waals surface area contributed by atoms with Gasteiger partial charge in [-0.2, -0.15) is 0 Å². The number of hydroxylamine groups is 2. The number of nitrogens with zero attached hydrogens (tertiary/aromatic N) is 1. The number of hydrogen-bond acceptors (Lipinski definition) is 2. The molecule has 2 atom stereocenters. The highest BCUT2D eigenvalue weighted by Crippen LogP contribution is 2.45. The van der Waals surface area contributed by atoms with Crippen LogP contribution >= 0.6 is 0 Å². The lowest BCUT2D eigenvalue weighted by Crippen LogP contribution is -2.24. The van der Waals surface area contributed by atoms with Gasteiger partial charge in [-0.15, -0.1) is 0 Å². The average Bonchev–Trinajstić information content (AvgIpc) is 3.34. The second kappa shape index (κ2) is 13.7. The minimum Gasteiger partial charge on any atom is -0.275 e. The molecular weight excluding hydrogens is 298 g/mol. The summed E-state index contributed by atoms with van der Waals surface area (Å²) in [4.78, 5) is 16.4. The first kappa shape index (κ1) is 21.5. The minimum atomic E-state index is 0.0908. The summed E-state index contributed by atoms with van der Waals surface area (Å²) in [6, 6.07) is 0. The lowest BCUT2D eigenvalue weighted by atomic mass is 10.0. The normalized spacial score (nSPS) is 19.5. The first-order valence-corrected chi connectivity index (χ1v) is 10.5. The molecule has 0 heterocycles. The van der Waals surface area contributed by atoms with Gasteiger partial charge in [0.15, 0.2) is 0 Å². The summed E-state index contributed by atoms with van der Waals surface area (Å²) in [5.74, 6) is 2.21. The Bertz CT molecular complexity index is 319. The van der Waals surface area contributed by atoms with E-state index < -0.39 is 0 Å². The van der Waals surface area contributed by atoms with E-state index in [1.807, 2.05) is 0 Å². The predicted octanol–water partition coefficient (Wildman–Crippen LogP) is 6.12. The molecule has 1 saturated carbocycles. The molecule has 0 aromatic heterocycles. The Morgan fingerprint density at radius 2 is 1.38 bits per heavy atom. The Balaban J connectivity index is 1.81. The van der Waals surface area contributed by atoms with E-state index >= 15 is 0 Å². The molecule has 1 rings (SSSR count). The molecule has 0 aromatic rings. The molecule has 24 heavy (non-hydrogen) atoms. The van der Waals surface area contributed by atoms with E-state index in [0.717, 1.165) is 18.3 Å². The molecule has 1 aliphatic rings. The predicted molar refractivity (Wildman–Crippen MR) is 102 cm³/mol. The third-order valence-corrected chi connectivity index (χ3v) is 5.59. The van der Waals surface area contributed by atoms with Crippen molar-refractivity contribution in [1.82, 2.24) is 5.06 Å². The molecule has 0 radical (unpaired) electrons. The van der Waals surface area contributed by atoms with Gasteiger partial charge in [0.2, 0.25) is 5.91 Å². The van der Waals surface area contributed by atoms with Gasteiger partial charge in [-0.25, -0.2) is 5.06 Å². The van der Waals surface area contributed by atoms with E-state index in [2.05, 4.69) is 6.92 Å². The van der Waals surface area contributed by atoms with Crippen molar-refractivity contribution in [2.45, 2.75) is 103 Å². The van der Waals surface area contributed by atoms with Crippen LogP contribution in [-0.4, -0.2) is 25.1 Å². The lowest BCUT2D eigenvalue weighted by Gasteiger charge is -2.12. The SMILES string of the molecule is CCCCCCCCC1CC1CCCCCCCC(=O)N(C)OC. The average molecular weight is 340 g/mol. The van der Waals surface area contributed by atoms with Crippen molar-refractivity contribution in [3.05, 3.63) is 0 Å². The Labute approximate surface area is 150 Å². The first-order valence-electron chi connectivity index (χ1n) is 10.5. The molecule has 0 aliphatic heterocycles. The molecule has 0 N–H and O–H groups in total. The standard InChI is InChI=1S/C21H41NO2/c1-4-5-6-7-9-12-15-19-18-20(19)16-13-10-8-11-14-17-21(23)22(2)24-3/h19-20H,4-18H2,1-3H3. The van der Waals surface area contributed by atoms with Crippen LogP contribution in [0.15, 0.2) is 0 Å². The Hall–Kier alpha value is -0.570. The van der Waals surface area contributed by atoms with Crippen LogP contribution in [-0.2, 0) is 9.63 Å². The largest absolute Gasteiger partial charge is 0.275 e. The van der Waals surface area contributed by atoms with E-state index in [0.29, 0.717) is 6.42 Å². The van der Waals surface area contributed by atoms with E-state index in [4.69, 9.17) is 4.84 Å². The maximum Gasteiger partial charge on any atom is 0.245 e. The third kappa shape index (κ3) is 10.3. The zero-order chi connectivity index (χ0) is 17.6. The maximum absolute atomic E-state index is 11.6. The first-order chi connectivity index (χ1) is 11.7. The monoisotopic (exact) mass is 339 g/mol. The van der Waals surface area contributed by atoms with E-state index in [1.54, 1.807) is 7.05 Å². The number of rotatable bonds is 16. The van der Waals surface area contributed by atoms with Gasteiger partial charge in [-0.3, -0.25) is 9.63 Å². The van der Waals surface area contributed by atoms with Crippen molar-refractivity contribution in [3.8, 4) is 0 Å². The van der Waals surface area contributed by atoms with Crippen LogP contribution < -0.4 is 0 Å². The zero-order valence-electron chi connectivity index (χ0n) is 16.5. The fourth-order valence-corrected chi connectivity index (χ4v) is 3.68. The minimum absolute atomic E-state index is 0.0908. The highest BCUT2D eigenvalue weighted by Gasteiger charge is 2.34.